The summed E-state index contributed by atoms with van der Waals surface area (Å²) in [5.74, 6) is 0. The van der Waals surface area contributed by atoms with E-state index in [1.165, 1.54) is 37.2 Å². The fourth-order valence-electron chi connectivity index (χ4n) is 2.60. The molecule has 90 valence electrons. The molecule has 2 heterocycles. The van der Waals surface area contributed by atoms with Crippen LogP contribution < -0.4 is 0 Å². The number of hydrogen-bond donors (Lipinski definition) is 1. The average molecular weight is 221 g/mol. The Kier molecular flexibility index (Phi) is 3.33. The zero-order chi connectivity index (χ0) is 11.6. The van der Waals surface area contributed by atoms with Crippen LogP contribution in [0.15, 0.2) is 6.20 Å². The molecule has 0 saturated heterocycles. The van der Waals surface area contributed by atoms with Gasteiger partial charge in [-0.15, -0.1) is 0 Å². The molecule has 1 aliphatic heterocycles. The first kappa shape index (κ1) is 11.6. The van der Waals surface area contributed by atoms with Gasteiger partial charge < -0.3 is 0 Å². The van der Waals surface area contributed by atoms with Crippen molar-refractivity contribution in [2.24, 2.45) is 5.41 Å². The van der Waals surface area contributed by atoms with E-state index in [1.54, 1.807) is 0 Å². The normalized spacial score (nSPS) is 20.4. The standard InChI is InChI=1S/C13H23N3/c1-4-5-6-16-9-11-8-14-15-12(11)7-13(2,3)10-16/h8H,4-7,9-10H2,1-3H3,(H,14,15). The van der Waals surface area contributed by atoms with Crippen LogP contribution in [-0.4, -0.2) is 28.2 Å². The highest BCUT2D eigenvalue weighted by Gasteiger charge is 2.28. The third-order valence-electron chi connectivity index (χ3n) is 3.34. The van der Waals surface area contributed by atoms with Gasteiger partial charge in [0.1, 0.15) is 0 Å². The summed E-state index contributed by atoms with van der Waals surface area (Å²) in [5, 5.41) is 7.33. The monoisotopic (exact) mass is 221 g/mol. The van der Waals surface area contributed by atoms with Crippen LogP contribution >= 0.6 is 0 Å². The maximum absolute atomic E-state index is 4.17. The molecule has 0 bridgehead atoms. The summed E-state index contributed by atoms with van der Waals surface area (Å²) in [7, 11) is 0. The zero-order valence-electron chi connectivity index (χ0n) is 10.7. The zero-order valence-corrected chi connectivity index (χ0v) is 10.7. The van der Waals surface area contributed by atoms with Crippen molar-refractivity contribution in [1.29, 1.82) is 0 Å². The molecule has 0 saturated carbocycles. The summed E-state index contributed by atoms with van der Waals surface area (Å²) in [6, 6.07) is 0. The molecule has 1 N–H and O–H groups in total. The Balaban J connectivity index is 2.13. The second-order valence-electron chi connectivity index (χ2n) is 5.78. The average Bonchev–Trinajstić information content (AvgIpc) is 2.56. The molecule has 0 aliphatic carbocycles. The summed E-state index contributed by atoms with van der Waals surface area (Å²) >= 11 is 0. The lowest BCUT2D eigenvalue weighted by Crippen LogP contribution is -2.33. The van der Waals surface area contributed by atoms with E-state index in [1.807, 2.05) is 6.20 Å². The maximum Gasteiger partial charge on any atom is 0.0535 e. The SMILES string of the molecule is CCCCN1Cc2cn[nH]c2CC(C)(C)C1. The van der Waals surface area contributed by atoms with Gasteiger partial charge in [-0.25, -0.2) is 0 Å². The largest absolute Gasteiger partial charge is 0.298 e. The van der Waals surface area contributed by atoms with E-state index in [4.69, 9.17) is 0 Å². The molecule has 3 nitrogen and oxygen atoms in total. The number of unbranched alkanes of at least 4 members (excludes halogenated alkanes) is 1. The summed E-state index contributed by atoms with van der Waals surface area (Å²) in [4.78, 5) is 2.57. The van der Waals surface area contributed by atoms with E-state index >= 15 is 0 Å². The summed E-state index contributed by atoms with van der Waals surface area (Å²) in [5.41, 5.74) is 3.08. The van der Waals surface area contributed by atoms with Gasteiger partial charge in [0.25, 0.3) is 0 Å². The molecule has 0 atom stereocenters. The van der Waals surface area contributed by atoms with Crippen molar-refractivity contribution >= 4 is 0 Å². The minimum Gasteiger partial charge on any atom is -0.298 e. The van der Waals surface area contributed by atoms with Crippen LogP contribution in [-0.2, 0) is 13.0 Å². The highest BCUT2D eigenvalue weighted by atomic mass is 15.2. The number of nitrogens with zero attached hydrogens (tertiary/aromatic N) is 2. The van der Waals surface area contributed by atoms with Gasteiger partial charge in [-0.2, -0.15) is 5.10 Å². The molecule has 3 heteroatoms. The van der Waals surface area contributed by atoms with Gasteiger partial charge in [0.15, 0.2) is 0 Å². The van der Waals surface area contributed by atoms with Crippen LogP contribution in [0.2, 0.25) is 0 Å². The molecule has 1 aromatic heterocycles. The molecule has 1 aliphatic rings. The highest BCUT2D eigenvalue weighted by molar-refractivity contribution is 5.19. The molecular formula is C13H23N3. The molecule has 0 spiro atoms. The highest BCUT2D eigenvalue weighted by Crippen LogP contribution is 2.28. The van der Waals surface area contributed by atoms with Crippen molar-refractivity contribution in [1.82, 2.24) is 15.1 Å². The first-order chi connectivity index (χ1) is 7.61. The molecule has 2 rings (SSSR count). The molecule has 0 unspecified atom stereocenters. The number of fused-ring (bicyclic) bond motifs is 1. The lowest BCUT2D eigenvalue weighted by molar-refractivity contribution is 0.178. The van der Waals surface area contributed by atoms with E-state index in [9.17, 15) is 0 Å². The molecule has 0 fully saturated rings. The summed E-state index contributed by atoms with van der Waals surface area (Å²) in [6.07, 6.45) is 5.68. The van der Waals surface area contributed by atoms with Crippen LogP contribution in [0.1, 0.15) is 44.9 Å². The fraction of sp³-hybridized carbons (Fsp3) is 0.769. The van der Waals surface area contributed by atoms with Crippen molar-refractivity contribution in [3.05, 3.63) is 17.5 Å². The molecule has 0 radical (unpaired) electrons. The number of hydrogen-bond acceptors (Lipinski definition) is 2. The van der Waals surface area contributed by atoms with Crippen molar-refractivity contribution in [2.75, 3.05) is 13.1 Å². The second-order valence-corrected chi connectivity index (χ2v) is 5.78. The van der Waals surface area contributed by atoms with E-state index in [0.29, 0.717) is 5.41 Å². The van der Waals surface area contributed by atoms with Crippen LogP contribution in [0.3, 0.4) is 0 Å². The van der Waals surface area contributed by atoms with Gasteiger partial charge in [-0.05, 0) is 24.8 Å². The third-order valence-corrected chi connectivity index (χ3v) is 3.34. The Labute approximate surface area is 98.2 Å². The quantitative estimate of drug-likeness (QED) is 0.850. The van der Waals surface area contributed by atoms with Gasteiger partial charge in [-0.1, -0.05) is 27.2 Å². The van der Waals surface area contributed by atoms with E-state index in [2.05, 4.69) is 35.9 Å². The topological polar surface area (TPSA) is 31.9 Å². The Hall–Kier alpha value is -0.830. The van der Waals surface area contributed by atoms with Crippen LogP contribution in [0, 0.1) is 5.41 Å². The lowest BCUT2D eigenvalue weighted by atomic mass is 9.88. The second kappa shape index (κ2) is 4.58. The lowest BCUT2D eigenvalue weighted by Gasteiger charge is -2.29. The van der Waals surface area contributed by atoms with Gasteiger partial charge in [0.2, 0.25) is 0 Å². The minimum atomic E-state index is 0.353. The van der Waals surface area contributed by atoms with Crippen LogP contribution in [0.4, 0.5) is 0 Å². The number of aromatic nitrogens is 2. The smallest absolute Gasteiger partial charge is 0.0535 e. The van der Waals surface area contributed by atoms with E-state index < -0.39 is 0 Å². The first-order valence-electron chi connectivity index (χ1n) is 6.34. The summed E-state index contributed by atoms with van der Waals surface area (Å²) < 4.78 is 0. The Morgan fingerprint density at radius 2 is 2.31 bits per heavy atom. The van der Waals surface area contributed by atoms with Crippen molar-refractivity contribution < 1.29 is 0 Å². The van der Waals surface area contributed by atoms with Crippen LogP contribution in [0.5, 0.6) is 0 Å². The molecule has 0 amide bonds. The third kappa shape index (κ3) is 2.64. The van der Waals surface area contributed by atoms with Crippen molar-refractivity contribution in [3.63, 3.8) is 0 Å². The first-order valence-corrected chi connectivity index (χ1v) is 6.34. The van der Waals surface area contributed by atoms with E-state index in [0.717, 1.165) is 13.0 Å². The Morgan fingerprint density at radius 1 is 1.50 bits per heavy atom. The Bertz CT molecular complexity index is 341. The number of rotatable bonds is 3. The maximum atomic E-state index is 4.17. The number of aromatic amines is 1. The van der Waals surface area contributed by atoms with Crippen molar-refractivity contribution in [3.8, 4) is 0 Å². The van der Waals surface area contributed by atoms with Gasteiger partial charge >= 0.3 is 0 Å². The number of nitrogens with one attached hydrogen (secondary N) is 1. The minimum absolute atomic E-state index is 0.353. The predicted molar refractivity (Wildman–Crippen MR) is 66.3 cm³/mol. The van der Waals surface area contributed by atoms with Crippen molar-refractivity contribution in [2.45, 2.75) is 46.6 Å². The summed E-state index contributed by atoms with van der Waals surface area (Å²) in [6.45, 7) is 10.4. The molecule has 16 heavy (non-hydrogen) atoms. The van der Waals surface area contributed by atoms with E-state index in [-0.39, 0.29) is 0 Å². The Morgan fingerprint density at radius 3 is 3.06 bits per heavy atom. The predicted octanol–water partition coefficient (Wildman–Crippen LogP) is 2.59. The van der Waals surface area contributed by atoms with Gasteiger partial charge in [0.05, 0.1) is 6.20 Å². The van der Waals surface area contributed by atoms with Crippen LogP contribution in [0.25, 0.3) is 0 Å². The molecule has 0 aromatic carbocycles. The fourth-order valence-corrected chi connectivity index (χ4v) is 2.60. The molecular weight excluding hydrogens is 198 g/mol. The number of H-pyrrole nitrogens is 1. The van der Waals surface area contributed by atoms with Gasteiger partial charge in [-0.3, -0.25) is 10.00 Å². The van der Waals surface area contributed by atoms with Gasteiger partial charge in [0, 0.05) is 24.3 Å². The molecule has 1 aromatic rings.